The predicted molar refractivity (Wildman–Crippen MR) is 110 cm³/mol. The summed E-state index contributed by atoms with van der Waals surface area (Å²) in [4.78, 5) is 24.3. The second kappa shape index (κ2) is 8.01. The smallest absolute Gasteiger partial charge is 0.267 e. The number of amidine groups is 1. The molecule has 0 N–H and O–H groups in total. The van der Waals surface area contributed by atoms with Crippen LogP contribution in [0.3, 0.4) is 0 Å². The highest BCUT2D eigenvalue weighted by atomic mass is 32.2. The maximum atomic E-state index is 13.1. The van der Waals surface area contributed by atoms with Crippen LogP contribution in [0.2, 0.25) is 0 Å². The fraction of sp³-hybridized carbons (Fsp3) is 0.0455. The summed E-state index contributed by atoms with van der Waals surface area (Å²) < 4.78 is 0. The average molecular weight is 371 g/mol. The van der Waals surface area contributed by atoms with E-state index in [1.54, 1.807) is 17.3 Å². The maximum Gasteiger partial charge on any atom is 0.267 e. The first-order chi connectivity index (χ1) is 13.3. The number of benzene rings is 2. The van der Waals surface area contributed by atoms with Crippen molar-refractivity contribution in [2.45, 2.75) is 6.54 Å². The van der Waals surface area contributed by atoms with Gasteiger partial charge in [0.15, 0.2) is 5.17 Å². The molecule has 0 saturated carbocycles. The third-order valence-electron chi connectivity index (χ3n) is 4.03. The van der Waals surface area contributed by atoms with E-state index in [0.717, 1.165) is 16.8 Å². The predicted octanol–water partition coefficient (Wildman–Crippen LogP) is 4.89. The van der Waals surface area contributed by atoms with Crippen LogP contribution in [0, 0.1) is 0 Å². The Labute approximate surface area is 162 Å². The van der Waals surface area contributed by atoms with Gasteiger partial charge in [0, 0.05) is 12.4 Å². The van der Waals surface area contributed by atoms with E-state index in [1.165, 1.54) is 11.8 Å². The van der Waals surface area contributed by atoms with E-state index in [9.17, 15) is 4.79 Å². The number of aliphatic imine (C=N–C) groups is 1. The van der Waals surface area contributed by atoms with Crippen LogP contribution in [0.4, 0.5) is 5.69 Å². The fourth-order valence-electron chi connectivity index (χ4n) is 2.72. The zero-order valence-corrected chi connectivity index (χ0v) is 15.3. The van der Waals surface area contributed by atoms with Crippen molar-refractivity contribution in [2.75, 3.05) is 0 Å². The van der Waals surface area contributed by atoms with Gasteiger partial charge in [-0.2, -0.15) is 0 Å². The van der Waals surface area contributed by atoms with Crippen molar-refractivity contribution in [3.8, 4) is 0 Å². The molecule has 1 fully saturated rings. The Morgan fingerprint density at radius 3 is 2.41 bits per heavy atom. The molecule has 0 bridgehead atoms. The van der Waals surface area contributed by atoms with E-state index in [4.69, 9.17) is 4.99 Å². The number of carbonyl (C=O) groups is 1. The summed E-state index contributed by atoms with van der Waals surface area (Å²) in [6, 6.07) is 23.4. The first kappa shape index (κ1) is 17.2. The molecule has 1 saturated heterocycles. The van der Waals surface area contributed by atoms with Gasteiger partial charge in [-0.05, 0) is 47.2 Å². The van der Waals surface area contributed by atoms with Gasteiger partial charge in [0.05, 0.1) is 17.1 Å². The Balaban J connectivity index is 1.69. The number of carbonyl (C=O) groups excluding carboxylic acids is 1. The molecule has 5 heteroatoms. The van der Waals surface area contributed by atoms with Crippen LogP contribution in [-0.4, -0.2) is 21.0 Å². The monoisotopic (exact) mass is 371 g/mol. The van der Waals surface area contributed by atoms with Crippen molar-refractivity contribution in [1.29, 1.82) is 0 Å². The van der Waals surface area contributed by atoms with Crippen LogP contribution in [0.1, 0.15) is 11.1 Å². The standard InChI is InChI=1S/C22H17N3OS/c26-21-20(14-18-10-7-13-23-15-18)27-22(24-19-11-5-2-6-12-19)25(21)16-17-8-3-1-4-9-17/h1-15H,16H2/b20-14-,24-22?. The van der Waals surface area contributed by atoms with Crippen molar-refractivity contribution in [3.05, 3.63) is 101 Å². The van der Waals surface area contributed by atoms with Gasteiger partial charge < -0.3 is 0 Å². The van der Waals surface area contributed by atoms with Crippen molar-refractivity contribution >= 4 is 34.6 Å². The molecule has 0 unspecified atom stereocenters. The SMILES string of the molecule is O=C1/C(=C/c2cccnc2)SC(=Nc2ccccc2)N1Cc1ccccc1. The summed E-state index contributed by atoms with van der Waals surface area (Å²) in [6.45, 7) is 0.489. The van der Waals surface area contributed by atoms with Gasteiger partial charge in [0.2, 0.25) is 0 Å². The molecule has 2 aromatic carbocycles. The van der Waals surface area contributed by atoms with Gasteiger partial charge in [-0.25, -0.2) is 4.99 Å². The van der Waals surface area contributed by atoms with Gasteiger partial charge in [-0.1, -0.05) is 54.6 Å². The number of amides is 1. The third kappa shape index (κ3) is 4.15. The topological polar surface area (TPSA) is 45.6 Å². The van der Waals surface area contributed by atoms with E-state index < -0.39 is 0 Å². The number of nitrogens with zero attached hydrogens (tertiary/aromatic N) is 3. The normalized spacial score (nSPS) is 17.0. The van der Waals surface area contributed by atoms with Gasteiger partial charge >= 0.3 is 0 Å². The molecule has 0 aliphatic carbocycles. The summed E-state index contributed by atoms with van der Waals surface area (Å²) in [5.41, 5.74) is 2.79. The van der Waals surface area contributed by atoms with Crippen molar-refractivity contribution in [3.63, 3.8) is 0 Å². The second-order valence-corrected chi connectivity index (χ2v) is 7.01. The Morgan fingerprint density at radius 2 is 1.70 bits per heavy atom. The Morgan fingerprint density at radius 1 is 0.963 bits per heavy atom. The first-order valence-electron chi connectivity index (χ1n) is 8.59. The van der Waals surface area contributed by atoms with Crippen LogP contribution in [0.5, 0.6) is 0 Å². The van der Waals surface area contributed by atoms with E-state index in [0.29, 0.717) is 16.6 Å². The van der Waals surface area contributed by atoms with Crippen molar-refractivity contribution < 1.29 is 4.79 Å². The van der Waals surface area contributed by atoms with Crippen LogP contribution in [0.15, 0.2) is 95.1 Å². The summed E-state index contributed by atoms with van der Waals surface area (Å²) in [5, 5.41) is 0.685. The van der Waals surface area contributed by atoms with E-state index in [-0.39, 0.29) is 5.91 Å². The van der Waals surface area contributed by atoms with Gasteiger partial charge in [-0.3, -0.25) is 14.7 Å². The highest BCUT2D eigenvalue weighted by Crippen LogP contribution is 2.35. The lowest BCUT2D eigenvalue weighted by atomic mass is 10.2. The Bertz CT molecular complexity index is 986. The molecular weight excluding hydrogens is 354 g/mol. The first-order valence-corrected chi connectivity index (χ1v) is 9.40. The second-order valence-electron chi connectivity index (χ2n) is 6.00. The maximum absolute atomic E-state index is 13.1. The molecule has 2 heterocycles. The minimum atomic E-state index is -0.0395. The highest BCUT2D eigenvalue weighted by Gasteiger charge is 2.33. The number of hydrogen-bond donors (Lipinski definition) is 0. The number of pyridine rings is 1. The lowest BCUT2D eigenvalue weighted by Crippen LogP contribution is -2.28. The number of aromatic nitrogens is 1. The van der Waals surface area contributed by atoms with Crippen LogP contribution < -0.4 is 0 Å². The quantitative estimate of drug-likeness (QED) is 0.614. The molecule has 0 atom stereocenters. The molecule has 27 heavy (non-hydrogen) atoms. The highest BCUT2D eigenvalue weighted by molar-refractivity contribution is 8.18. The molecular formula is C22H17N3OS. The number of thioether (sulfide) groups is 1. The Kier molecular flexibility index (Phi) is 5.12. The number of para-hydroxylation sites is 1. The number of rotatable bonds is 4. The molecule has 0 spiro atoms. The number of hydrogen-bond acceptors (Lipinski definition) is 4. The van der Waals surface area contributed by atoms with Crippen LogP contribution in [0.25, 0.3) is 6.08 Å². The minimum Gasteiger partial charge on any atom is -0.282 e. The summed E-state index contributed by atoms with van der Waals surface area (Å²) >= 11 is 1.40. The average Bonchev–Trinajstić information content (AvgIpc) is 2.99. The van der Waals surface area contributed by atoms with E-state index >= 15 is 0 Å². The largest absolute Gasteiger partial charge is 0.282 e. The van der Waals surface area contributed by atoms with Crippen molar-refractivity contribution in [2.24, 2.45) is 4.99 Å². The summed E-state index contributed by atoms with van der Waals surface area (Å²) in [5.74, 6) is -0.0395. The molecule has 132 valence electrons. The molecule has 1 amide bonds. The zero-order valence-electron chi connectivity index (χ0n) is 14.5. The third-order valence-corrected chi connectivity index (χ3v) is 5.04. The lowest BCUT2D eigenvalue weighted by Gasteiger charge is -2.15. The van der Waals surface area contributed by atoms with Crippen LogP contribution >= 0.6 is 11.8 Å². The summed E-state index contributed by atoms with van der Waals surface area (Å²) in [6.07, 6.45) is 5.33. The van der Waals surface area contributed by atoms with Gasteiger partial charge in [-0.15, -0.1) is 0 Å². The van der Waals surface area contributed by atoms with E-state index in [1.807, 2.05) is 78.9 Å². The minimum absolute atomic E-state index is 0.0395. The summed E-state index contributed by atoms with van der Waals surface area (Å²) in [7, 11) is 0. The molecule has 1 aromatic heterocycles. The van der Waals surface area contributed by atoms with Gasteiger partial charge in [0.1, 0.15) is 0 Å². The Hall–Kier alpha value is -3.18. The zero-order chi connectivity index (χ0) is 18.5. The van der Waals surface area contributed by atoms with Crippen LogP contribution in [-0.2, 0) is 11.3 Å². The molecule has 1 aliphatic heterocycles. The molecule has 4 rings (SSSR count). The van der Waals surface area contributed by atoms with E-state index in [2.05, 4.69) is 4.98 Å². The fourth-order valence-corrected chi connectivity index (χ4v) is 3.72. The van der Waals surface area contributed by atoms with Gasteiger partial charge in [0.25, 0.3) is 5.91 Å². The molecule has 3 aromatic rings. The molecule has 1 aliphatic rings. The lowest BCUT2D eigenvalue weighted by molar-refractivity contribution is -0.122. The molecule has 4 nitrogen and oxygen atoms in total. The van der Waals surface area contributed by atoms with Crippen molar-refractivity contribution in [1.82, 2.24) is 9.88 Å². The molecule has 0 radical (unpaired) electrons.